The molecule has 0 bridgehead atoms. The molecule has 3 rings (SSSR count). The molecule has 0 saturated carbocycles. The number of rotatable bonds is 3. The van der Waals surface area contributed by atoms with Crippen LogP contribution in [-0.2, 0) is 6.54 Å². The highest BCUT2D eigenvalue weighted by molar-refractivity contribution is 7.13. The van der Waals surface area contributed by atoms with Gasteiger partial charge in [0.25, 0.3) is 5.89 Å². The molecule has 4 nitrogen and oxygen atoms in total. The topological polar surface area (TPSA) is 48.0 Å². The van der Waals surface area contributed by atoms with Crippen LogP contribution in [0.2, 0.25) is 0 Å². The number of hydrogen-bond acceptors (Lipinski definition) is 4. The Kier molecular flexibility index (Phi) is 3.19. The smallest absolute Gasteiger partial charge is 0.387 e. The molecule has 0 atom stereocenters. The van der Waals surface area contributed by atoms with Crippen LogP contribution >= 0.6 is 11.3 Å². The minimum absolute atomic E-state index is 0.0399. The Morgan fingerprint density at radius 1 is 1.25 bits per heavy atom. The van der Waals surface area contributed by atoms with Gasteiger partial charge in [0, 0.05) is 5.56 Å². The van der Waals surface area contributed by atoms with Gasteiger partial charge < -0.3 is 4.42 Å². The van der Waals surface area contributed by atoms with Crippen molar-refractivity contribution in [3.8, 4) is 10.8 Å². The summed E-state index contributed by atoms with van der Waals surface area (Å²) in [4.78, 5) is 12.4. The third-order valence-electron chi connectivity index (χ3n) is 2.69. The fraction of sp³-hybridized carbons (Fsp3) is 0.0769. The summed E-state index contributed by atoms with van der Waals surface area (Å²) in [5.41, 5.74) is 0.0399. The number of thiophene rings is 1. The summed E-state index contributed by atoms with van der Waals surface area (Å²) in [7, 11) is 0. The summed E-state index contributed by atoms with van der Waals surface area (Å²) in [6.45, 7) is -0.183. The monoisotopic (exact) mass is 294 g/mol. The molecule has 0 amide bonds. The average Bonchev–Trinajstić information content (AvgIpc) is 3.05. The summed E-state index contributed by atoms with van der Waals surface area (Å²) in [6.07, 6.45) is 0. The molecule has 20 heavy (non-hydrogen) atoms. The minimum Gasteiger partial charge on any atom is -0.387 e. The van der Waals surface area contributed by atoms with Gasteiger partial charge in [-0.1, -0.05) is 18.2 Å². The van der Waals surface area contributed by atoms with E-state index in [1.165, 1.54) is 23.5 Å². The molecule has 0 fully saturated rings. The van der Waals surface area contributed by atoms with E-state index in [0.29, 0.717) is 4.88 Å². The van der Waals surface area contributed by atoms with Crippen LogP contribution in [0.15, 0.2) is 44.9 Å². The summed E-state index contributed by atoms with van der Waals surface area (Å²) in [5, 5.41) is 5.80. The van der Waals surface area contributed by atoms with Crippen LogP contribution in [0.5, 0.6) is 0 Å². The molecule has 3 aromatic rings. The van der Waals surface area contributed by atoms with Gasteiger partial charge in [-0.05, 0) is 17.5 Å². The molecule has 2 heterocycles. The van der Waals surface area contributed by atoms with Crippen molar-refractivity contribution in [1.29, 1.82) is 0 Å². The van der Waals surface area contributed by atoms with Crippen molar-refractivity contribution in [3.05, 3.63) is 63.5 Å². The number of benzene rings is 1. The first-order valence-corrected chi connectivity index (χ1v) is 6.58. The fourth-order valence-corrected chi connectivity index (χ4v) is 2.38. The molecule has 0 saturated heterocycles. The summed E-state index contributed by atoms with van der Waals surface area (Å²) >= 11 is 1.37. The van der Waals surface area contributed by atoms with E-state index in [1.807, 2.05) is 5.38 Å². The van der Waals surface area contributed by atoms with Crippen LogP contribution in [0.4, 0.5) is 8.78 Å². The van der Waals surface area contributed by atoms with E-state index in [4.69, 9.17) is 4.42 Å². The van der Waals surface area contributed by atoms with Gasteiger partial charge in [-0.2, -0.15) is 4.68 Å². The highest BCUT2D eigenvalue weighted by Gasteiger charge is 2.14. The lowest BCUT2D eigenvalue weighted by atomic mass is 10.2. The minimum atomic E-state index is -0.986. The molecule has 1 aromatic carbocycles. The van der Waals surface area contributed by atoms with Crippen molar-refractivity contribution < 1.29 is 13.2 Å². The van der Waals surface area contributed by atoms with E-state index in [1.54, 1.807) is 12.1 Å². The summed E-state index contributed by atoms with van der Waals surface area (Å²) in [6, 6.07) is 7.33. The maximum atomic E-state index is 13.6. The molecular weight excluding hydrogens is 286 g/mol. The van der Waals surface area contributed by atoms with Gasteiger partial charge in [-0.15, -0.1) is 16.4 Å². The highest BCUT2D eigenvalue weighted by atomic mass is 32.1. The fourth-order valence-electron chi connectivity index (χ4n) is 1.74. The van der Waals surface area contributed by atoms with Gasteiger partial charge in [-0.3, -0.25) is 0 Å². The molecule has 0 unspecified atom stereocenters. The van der Waals surface area contributed by atoms with Crippen LogP contribution in [0.1, 0.15) is 5.56 Å². The lowest BCUT2D eigenvalue weighted by Gasteiger charge is -2.01. The normalized spacial score (nSPS) is 10.9. The second kappa shape index (κ2) is 5.01. The van der Waals surface area contributed by atoms with E-state index < -0.39 is 17.4 Å². The molecule has 0 N–H and O–H groups in total. The largest absolute Gasteiger partial charge is 0.437 e. The predicted octanol–water partition coefficient (Wildman–Crippen LogP) is 2.89. The molecule has 0 radical (unpaired) electrons. The molecule has 2 aromatic heterocycles. The summed E-state index contributed by atoms with van der Waals surface area (Å²) in [5.74, 6) is -2.49. The quantitative estimate of drug-likeness (QED) is 0.746. The van der Waals surface area contributed by atoms with Gasteiger partial charge in [0.15, 0.2) is 11.6 Å². The first-order valence-electron chi connectivity index (χ1n) is 5.70. The molecule has 0 aliphatic rings. The van der Waals surface area contributed by atoms with Crippen LogP contribution in [-0.4, -0.2) is 9.78 Å². The molecule has 0 aliphatic carbocycles. The Bertz CT molecular complexity index is 793. The molecule has 0 spiro atoms. The first-order chi connectivity index (χ1) is 9.65. The van der Waals surface area contributed by atoms with Crippen molar-refractivity contribution in [1.82, 2.24) is 9.78 Å². The lowest BCUT2D eigenvalue weighted by Crippen LogP contribution is -2.17. The van der Waals surface area contributed by atoms with E-state index in [0.717, 1.165) is 10.7 Å². The Hall–Kier alpha value is -2.28. The second-order valence-corrected chi connectivity index (χ2v) is 4.97. The highest BCUT2D eigenvalue weighted by Crippen LogP contribution is 2.21. The van der Waals surface area contributed by atoms with Crippen molar-refractivity contribution in [2.75, 3.05) is 0 Å². The van der Waals surface area contributed by atoms with Crippen LogP contribution < -0.4 is 5.76 Å². The third-order valence-corrected chi connectivity index (χ3v) is 3.55. The molecular formula is C13H8F2N2O2S. The lowest BCUT2D eigenvalue weighted by molar-refractivity contribution is 0.474. The Morgan fingerprint density at radius 2 is 2.10 bits per heavy atom. The number of nitrogens with zero attached hydrogens (tertiary/aromatic N) is 2. The van der Waals surface area contributed by atoms with E-state index >= 15 is 0 Å². The van der Waals surface area contributed by atoms with Gasteiger partial charge in [0.05, 0.1) is 11.4 Å². The van der Waals surface area contributed by atoms with E-state index in [-0.39, 0.29) is 18.0 Å². The van der Waals surface area contributed by atoms with Gasteiger partial charge in [-0.25, -0.2) is 13.6 Å². The maximum Gasteiger partial charge on any atom is 0.437 e. The van der Waals surface area contributed by atoms with Crippen molar-refractivity contribution in [2.45, 2.75) is 6.54 Å². The molecule has 7 heteroatoms. The number of aromatic nitrogens is 2. The SMILES string of the molecule is O=c1oc(-c2cccs2)nn1Cc1cccc(F)c1F. The van der Waals surface area contributed by atoms with Crippen LogP contribution in [0.3, 0.4) is 0 Å². The standard InChI is InChI=1S/C13H8F2N2O2S/c14-9-4-1-3-8(11(9)15)7-17-13(18)19-12(16-17)10-5-2-6-20-10/h1-6H,7H2. The predicted molar refractivity (Wildman–Crippen MR) is 69.5 cm³/mol. The summed E-state index contributed by atoms with van der Waals surface area (Å²) < 4.78 is 32.6. The third kappa shape index (κ3) is 2.27. The Morgan fingerprint density at radius 3 is 2.85 bits per heavy atom. The van der Waals surface area contributed by atoms with Crippen LogP contribution in [0, 0.1) is 11.6 Å². The van der Waals surface area contributed by atoms with Crippen molar-refractivity contribution in [2.24, 2.45) is 0 Å². The zero-order chi connectivity index (χ0) is 14.1. The zero-order valence-corrected chi connectivity index (χ0v) is 10.9. The van der Waals surface area contributed by atoms with Crippen molar-refractivity contribution >= 4 is 11.3 Å². The second-order valence-electron chi connectivity index (χ2n) is 4.02. The van der Waals surface area contributed by atoms with E-state index in [9.17, 15) is 13.6 Å². The Balaban J connectivity index is 1.96. The Labute approximate surface area is 115 Å². The zero-order valence-electron chi connectivity index (χ0n) is 10.0. The number of halogens is 2. The first kappa shape index (κ1) is 12.7. The van der Waals surface area contributed by atoms with Gasteiger partial charge in [0.1, 0.15) is 0 Å². The van der Waals surface area contributed by atoms with Gasteiger partial charge in [0.2, 0.25) is 0 Å². The van der Waals surface area contributed by atoms with Crippen molar-refractivity contribution in [3.63, 3.8) is 0 Å². The van der Waals surface area contributed by atoms with Gasteiger partial charge >= 0.3 is 5.76 Å². The maximum absolute atomic E-state index is 13.6. The molecule has 102 valence electrons. The van der Waals surface area contributed by atoms with Crippen LogP contribution in [0.25, 0.3) is 10.8 Å². The molecule has 0 aliphatic heterocycles. The number of hydrogen-bond donors (Lipinski definition) is 0. The average molecular weight is 294 g/mol. The van der Waals surface area contributed by atoms with E-state index in [2.05, 4.69) is 5.10 Å².